The van der Waals surface area contributed by atoms with E-state index in [0.717, 1.165) is 16.5 Å². The van der Waals surface area contributed by atoms with E-state index in [2.05, 4.69) is 21.0 Å². The molecular formula is C12H12BrClN2O. The molecule has 0 spiro atoms. The first-order chi connectivity index (χ1) is 8.19. The molecule has 3 nitrogen and oxygen atoms in total. The van der Waals surface area contributed by atoms with Crippen LogP contribution in [0.2, 0.25) is 5.02 Å². The number of alkyl halides is 1. The molecule has 0 radical (unpaired) electrons. The molecule has 2 rings (SSSR count). The van der Waals surface area contributed by atoms with Crippen molar-refractivity contribution in [2.75, 3.05) is 0 Å². The monoisotopic (exact) mass is 314 g/mol. The molecule has 0 aliphatic carbocycles. The summed E-state index contributed by atoms with van der Waals surface area (Å²) in [6.45, 7) is 0.473. The van der Waals surface area contributed by atoms with Gasteiger partial charge in [-0.3, -0.25) is 4.68 Å². The van der Waals surface area contributed by atoms with Gasteiger partial charge in [-0.05, 0) is 17.7 Å². The third-order valence-corrected chi connectivity index (χ3v) is 3.25. The van der Waals surface area contributed by atoms with Crippen LogP contribution in [-0.2, 0) is 19.0 Å². The number of aryl methyl sites for hydroxylation is 1. The van der Waals surface area contributed by atoms with Crippen LogP contribution in [0.5, 0.6) is 5.75 Å². The van der Waals surface area contributed by atoms with E-state index < -0.39 is 0 Å². The standard InChI is InChI=1S/C12H12BrClN2O/c1-16-7-10(6-15-16)8-17-12-3-2-9(5-13)4-11(12)14/h2-4,6-7H,5,8H2,1H3. The van der Waals surface area contributed by atoms with Crippen LogP contribution in [0.1, 0.15) is 11.1 Å². The second-order valence-electron chi connectivity index (χ2n) is 3.71. The fraction of sp³-hybridized carbons (Fsp3) is 0.250. The van der Waals surface area contributed by atoms with Crippen LogP contribution in [0, 0.1) is 0 Å². The minimum atomic E-state index is 0.473. The molecule has 2 aromatic rings. The average Bonchev–Trinajstić information content (AvgIpc) is 2.73. The van der Waals surface area contributed by atoms with E-state index in [-0.39, 0.29) is 0 Å². The maximum absolute atomic E-state index is 6.11. The molecule has 1 aromatic carbocycles. The first-order valence-corrected chi connectivity index (χ1v) is 6.63. The largest absolute Gasteiger partial charge is 0.487 e. The highest BCUT2D eigenvalue weighted by atomic mass is 79.9. The van der Waals surface area contributed by atoms with Gasteiger partial charge < -0.3 is 4.74 Å². The Kier molecular flexibility index (Phi) is 4.07. The number of rotatable bonds is 4. The van der Waals surface area contributed by atoms with Crippen molar-refractivity contribution < 1.29 is 4.74 Å². The van der Waals surface area contributed by atoms with Crippen molar-refractivity contribution in [3.63, 3.8) is 0 Å². The van der Waals surface area contributed by atoms with Crippen LogP contribution < -0.4 is 4.74 Å². The van der Waals surface area contributed by atoms with Gasteiger partial charge in [-0.1, -0.05) is 33.6 Å². The SMILES string of the molecule is Cn1cc(COc2ccc(CBr)cc2Cl)cn1. The van der Waals surface area contributed by atoms with Crippen LogP contribution >= 0.6 is 27.5 Å². The molecule has 1 heterocycles. The Morgan fingerprint density at radius 1 is 1.41 bits per heavy atom. The highest BCUT2D eigenvalue weighted by Crippen LogP contribution is 2.27. The lowest BCUT2D eigenvalue weighted by Gasteiger charge is -2.07. The summed E-state index contributed by atoms with van der Waals surface area (Å²) in [5.41, 5.74) is 2.15. The summed E-state index contributed by atoms with van der Waals surface area (Å²) in [5.74, 6) is 0.695. The Hall–Kier alpha value is -1.00. The van der Waals surface area contributed by atoms with E-state index in [0.29, 0.717) is 17.4 Å². The van der Waals surface area contributed by atoms with Gasteiger partial charge in [-0.15, -0.1) is 0 Å². The Morgan fingerprint density at radius 3 is 2.82 bits per heavy atom. The van der Waals surface area contributed by atoms with Crippen LogP contribution in [0.4, 0.5) is 0 Å². The topological polar surface area (TPSA) is 27.1 Å². The van der Waals surface area contributed by atoms with Crippen molar-refractivity contribution in [2.24, 2.45) is 7.05 Å². The first kappa shape index (κ1) is 12.5. The van der Waals surface area contributed by atoms with Crippen LogP contribution in [-0.4, -0.2) is 9.78 Å². The highest BCUT2D eigenvalue weighted by Gasteiger charge is 2.04. The van der Waals surface area contributed by atoms with Gasteiger partial charge in [0.2, 0.25) is 0 Å². The molecule has 0 N–H and O–H groups in total. The van der Waals surface area contributed by atoms with Gasteiger partial charge in [-0.25, -0.2) is 0 Å². The van der Waals surface area contributed by atoms with E-state index in [4.69, 9.17) is 16.3 Å². The fourth-order valence-electron chi connectivity index (χ4n) is 1.45. The maximum Gasteiger partial charge on any atom is 0.138 e. The van der Waals surface area contributed by atoms with Gasteiger partial charge in [0.05, 0.1) is 11.2 Å². The zero-order valence-electron chi connectivity index (χ0n) is 9.36. The molecule has 0 aliphatic rings. The quantitative estimate of drug-likeness (QED) is 0.807. The fourth-order valence-corrected chi connectivity index (χ4v) is 2.06. The van der Waals surface area contributed by atoms with E-state index >= 15 is 0 Å². The second kappa shape index (κ2) is 5.56. The minimum Gasteiger partial charge on any atom is -0.487 e. The molecule has 1 aromatic heterocycles. The molecule has 0 saturated heterocycles. The first-order valence-electron chi connectivity index (χ1n) is 5.14. The molecule has 0 aliphatic heterocycles. The normalized spacial score (nSPS) is 10.5. The summed E-state index contributed by atoms with van der Waals surface area (Å²) < 4.78 is 7.38. The predicted molar refractivity (Wildman–Crippen MR) is 71.6 cm³/mol. The Labute approximate surface area is 113 Å². The smallest absolute Gasteiger partial charge is 0.138 e. The third kappa shape index (κ3) is 3.23. The molecule has 0 amide bonds. The second-order valence-corrected chi connectivity index (χ2v) is 4.68. The van der Waals surface area contributed by atoms with Gasteiger partial charge in [0.15, 0.2) is 0 Å². The molecule has 0 unspecified atom stereocenters. The number of ether oxygens (including phenoxy) is 1. The van der Waals surface area contributed by atoms with E-state index in [1.165, 1.54) is 0 Å². The van der Waals surface area contributed by atoms with Crippen molar-refractivity contribution in [1.29, 1.82) is 0 Å². The zero-order chi connectivity index (χ0) is 12.3. The molecule has 0 saturated carbocycles. The van der Waals surface area contributed by atoms with Gasteiger partial charge in [-0.2, -0.15) is 5.10 Å². The maximum atomic E-state index is 6.11. The van der Waals surface area contributed by atoms with Gasteiger partial charge in [0, 0.05) is 24.1 Å². The lowest BCUT2D eigenvalue weighted by molar-refractivity contribution is 0.306. The highest BCUT2D eigenvalue weighted by molar-refractivity contribution is 9.08. The van der Waals surface area contributed by atoms with Crippen LogP contribution in [0.3, 0.4) is 0 Å². The number of halogens is 2. The van der Waals surface area contributed by atoms with E-state index in [1.54, 1.807) is 10.9 Å². The summed E-state index contributed by atoms with van der Waals surface area (Å²) in [5, 5.41) is 5.49. The van der Waals surface area contributed by atoms with Crippen LogP contribution in [0.25, 0.3) is 0 Å². The zero-order valence-corrected chi connectivity index (χ0v) is 11.7. The number of aromatic nitrogens is 2. The Balaban J connectivity index is 2.04. The molecule has 0 fully saturated rings. The number of hydrogen-bond donors (Lipinski definition) is 0. The number of hydrogen-bond acceptors (Lipinski definition) is 2. The molecule has 90 valence electrons. The Bertz CT molecular complexity index is 513. The molecule has 0 bridgehead atoms. The van der Waals surface area contributed by atoms with Crippen molar-refractivity contribution >= 4 is 27.5 Å². The molecule has 5 heteroatoms. The summed E-state index contributed by atoms with van der Waals surface area (Å²) in [6, 6.07) is 5.77. The minimum absolute atomic E-state index is 0.473. The predicted octanol–water partition coefficient (Wildman–Crippen LogP) is 3.55. The molecular weight excluding hydrogens is 304 g/mol. The number of benzene rings is 1. The molecule has 0 atom stereocenters. The van der Waals surface area contributed by atoms with Crippen molar-refractivity contribution in [3.05, 3.63) is 46.7 Å². The lowest BCUT2D eigenvalue weighted by Crippen LogP contribution is -1.95. The van der Waals surface area contributed by atoms with E-state index in [1.807, 2.05) is 31.4 Å². The van der Waals surface area contributed by atoms with Crippen molar-refractivity contribution in [2.45, 2.75) is 11.9 Å². The van der Waals surface area contributed by atoms with Gasteiger partial charge in [0.25, 0.3) is 0 Å². The van der Waals surface area contributed by atoms with Gasteiger partial charge in [0.1, 0.15) is 12.4 Å². The lowest BCUT2D eigenvalue weighted by atomic mass is 10.2. The number of nitrogens with zero attached hydrogens (tertiary/aromatic N) is 2. The molecule has 17 heavy (non-hydrogen) atoms. The van der Waals surface area contributed by atoms with Gasteiger partial charge >= 0.3 is 0 Å². The average molecular weight is 316 g/mol. The summed E-state index contributed by atoms with van der Waals surface area (Å²) in [6.07, 6.45) is 3.70. The van der Waals surface area contributed by atoms with E-state index in [9.17, 15) is 0 Å². The third-order valence-electron chi connectivity index (χ3n) is 2.30. The summed E-state index contributed by atoms with van der Waals surface area (Å²) in [7, 11) is 1.88. The van der Waals surface area contributed by atoms with Crippen LogP contribution in [0.15, 0.2) is 30.6 Å². The van der Waals surface area contributed by atoms with Crippen molar-refractivity contribution in [1.82, 2.24) is 9.78 Å². The summed E-state index contributed by atoms with van der Waals surface area (Å²) in [4.78, 5) is 0. The summed E-state index contributed by atoms with van der Waals surface area (Å²) >= 11 is 9.50. The van der Waals surface area contributed by atoms with Crippen molar-refractivity contribution in [3.8, 4) is 5.75 Å². The Morgan fingerprint density at radius 2 is 2.24 bits per heavy atom.